The third kappa shape index (κ3) is 7.71. The van der Waals surface area contributed by atoms with Gasteiger partial charge in [-0.3, -0.25) is 4.79 Å². The van der Waals surface area contributed by atoms with E-state index in [1.165, 1.54) is 6.08 Å². The Labute approximate surface area is 216 Å². The lowest BCUT2D eigenvalue weighted by Gasteiger charge is -2.29. The molecule has 0 spiro atoms. The average Bonchev–Trinajstić information content (AvgIpc) is 2.70. The minimum Gasteiger partial charge on any atom is -0.507 e. The Bertz CT molecular complexity index is 1100. The summed E-state index contributed by atoms with van der Waals surface area (Å²) in [4.78, 5) is 25.3. The summed E-state index contributed by atoms with van der Waals surface area (Å²) in [5.41, 5.74) is 0.760. The van der Waals surface area contributed by atoms with Gasteiger partial charge in [-0.15, -0.1) is 0 Å². The SMILES string of the molecule is CC(C)(C)OC(=O)C(C)(C)Oc1ccc(C(=O)/C=C/c2cc(C(C)(C)C)c(O)c(C(C)(C)C)c2)cc1. The van der Waals surface area contributed by atoms with Crippen LogP contribution in [-0.2, 0) is 20.4 Å². The summed E-state index contributed by atoms with van der Waals surface area (Å²) in [6.07, 6.45) is 3.31. The van der Waals surface area contributed by atoms with Crippen molar-refractivity contribution in [3.8, 4) is 11.5 Å². The van der Waals surface area contributed by atoms with E-state index < -0.39 is 17.2 Å². The first-order valence-electron chi connectivity index (χ1n) is 12.3. The van der Waals surface area contributed by atoms with Crippen LogP contribution in [0.2, 0.25) is 0 Å². The third-order valence-electron chi connectivity index (χ3n) is 5.58. The summed E-state index contributed by atoms with van der Waals surface area (Å²) in [6.45, 7) is 21.1. The molecule has 2 aromatic carbocycles. The highest BCUT2D eigenvalue weighted by Crippen LogP contribution is 2.40. The van der Waals surface area contributed by atoms with Gasteiger partial charge in [0.25, 0.3) is 0 Å². The van der Waals surface area contributed by atoms with Crippen molar-refractivity contribution >= 4 is 17.8 Å². The predicted octanol–water partition coefficient (Wildman–Crippen LogP) is 7.38. The van der Waals surface area contributed by atoms with Crippen LogP contribution in [0.15, 0.2) is 42.5 Å². The van der Waals surface area contributed by atoms with Gasteiger partial charge in [-0.25, -0.2) is 4.79 Å². The van der Waals surface area contributed by atoms with E-state index in [0.29, 0.717) is 17.1 Å². The van der Waals surface area contributed by atoms with Crippen molar-refractivity contribution < 1.29 is 24.2 Å². The summed E-state index contributed by atoms with van der Waals surface area (Å²) in [6, 6.07) is 10.6. The molecule has 0 fully saturated rings. The number of hydrogen-bond acceptors (Lipinski definition) is 5. The fraction of sp³-hybridized carbons (Fsp3) is 0.484. The number of carbonyl (C=O) groups is 2. The Balaban J connectivity index is 2.24. The first-order chi connectivity index (χ1) is 16.2. The van der Waals surface area contributed by atoms with Gasteiger partial charge in [-0.2, -0.15) is 0 Å². The predicted molar refractivity (Wildman–Crippen MR) is 146 cm³/mol. The van der Waals surface area contributed by atoms with Crippen LogP contribution in [-0.4, -0.2) is 28.1 Å². The number of allylic oxidation sites excluding steroid dienone is 1. The maximum absolute atomic E-state index is 12.9. The van der Waals surface area contributed by atoms with Gasteiger partial charge < -0.3 is 14.6 Å². The largest absolute Gasteiger partial charge is 0.507 e. The lowest BCUT2D eigenvalue weighted by atomic mass is 9.78. The molecule has 0 saturated heterocycles. The Morgan fingerprint density at radius 1 is 0.778 bits per heavy atom. The molecule has 2 aromatic rings. The smallest absolute Gasteiger partial charge is 0.350 e. The van der Waals surface area contributed by atoms with Crippen LogP contribution in [0.3, 0.4) is 0 Å². The van der Waals surface area contributed by atoms with E-state index in [9.17, 15) is 14.7 Å². The van der Waals surface area contributed by atoms with E-state index in [2.05, 4.69) is 41.5 Å². The number of rotatable bonds is 6. The van der Waals surface area contributed by atoms with Crippen molar-refractivity contribution in [2.24, 2.45) is 0 Å². The number of ether oxygens (including phenoxy) is 2. The quantitative estimate of drug-likeness (QED) is 0.258. The van der Waals surface area contributed by atoms with Gasteiger partial charge in [-0.05, 0) is 93.5 Å². The molecule has 0 atom stereocenters. The van der Waals surface area contributed by atoms with E-state index in [1.54, 1.807) is 65.0 Å². The fourth-order valence-corrected chi connectivity index (χ4v) is 3.59. The Hall–Kier alpha value is -3.08. The second-order valence-corrected chi connectivity index (χ2v) is 12.8. The molecule has 196 valence electrons. The molecule has 0 heterocycles. The molecule has 0 aromatic heterocycles. The Kier molecular flexibility index (Phi) is 8.19. The van der Waals surface area contributed by atoms with E-state index in [0.717, 1.165) is 16.7 Å². The molecule has 36 heavy (non-hydrogen) atoms. The summed E-state index contributed by atoms with van der Waals surface area (Å²) in [5.74, 6) is 0.157. The molecule has 0 bridgehead atoms. The van der Waals surface area contributed by atoms with Gasteiger partial charge in [0.15, 0.2) is 11.4 Å². The molecule has 1 N–H and O–H groups in total. The van der Waals surface area contributed by atoms with Gasteiger partial charge >= 0.3 is 5.97 Å². The Morgan fingerprint density at radius 2 is 1.25 bits per heavy atom. The van der Waals surface area contributed by atoms with Crippen LogP contribution < -0.4 is 4.74 Å². The highest BCUT2D eigenvalue weighted by atomic mass is 16.6. The molecule has 0 saturated carbocycles. The second kappa shape index (κ2) is 10.1. The van der Waals surface area contributed by atoms with Gasteiger partial charge in [0.2, 0.25) is 0 Å². The van der Waals surface area contributed by atoms with Crippen LogP contribution in [0.1, 0.15) is 103 Å². The second-order valence-electron chi connectivity index (χ2n) is 12.8. The molecule has 0 unspecified atom stereocenters. The zero-order valence-corrected chi connectivity index (χ0v) is 23.7. The highest BCUT2D eigenvalue weighted by molar-refractivity contribution is 6.06. The van der Waals surface area contributed by atoms with Gasteiger partial charge in [0.05, 0.1) is 0 Å². The summed E-state index contributed by atoms with van der Waals surface area (Å²) in [7, 11) is 0. The summed E-state index contributed by atoms with van der Waals surface area (Å²) in [5, 5.41) is 10.9. The zero-order valence-electron chi connectivity index (χ0n) is 23.7. The number of phenolic OH excluding ortho intramolecular Hbond substituents is 1. The van der Waals surface area contributed by atoms with Gasteiger partial charge in [0, 0.05) is 16.7 Å². The molecule has 2 rings (SSSR count). The Morgan fingerprint density at radius 3 is 1.67 bits per heavy atom. The normalized spacial score (nSPS) is 13.1. The van der Waals surface area contributed by atoms with Crippen molar-refractivity contribution in [1.82, 2.24) is 0 Å². The van der Waals surface area contributed by atoms with Gasteiger partial charge in [-0.1, -0.05) is 47.6 Å². The molecule has 0 aliphatic carbocycles. The summed E-state index contributed by atoms with van der Waals surface area (Å²) < 4.78 is 11.3. The van der Waals surface area contributed by atoms with Crippen molar-refractivity contribution in [1.29, 1.82) is 0 Å². The van der Waals surface area contributed by atoms with E-state index in [1.807, 2.05) is 12.1 Å². The number of carbonyl (C=O) groups excluding carboxylic acids is 2. The van der Waals surface area contributed by atoms with Crippen molar-refractivity contribution in [2.75, 3.05) is 0 Å². The minimum absolute atomic E-state index is 0.157. The van der Waals surface area contributed by atoms with Crippen LogP contribution in [0, 0.1) is 0 Å². The van der Waals surface area contributed by atoms with Crippen molar-refractivity contribution in [2.45, 2.75) is 98.2 Å². The van der Waals surface area contributed by atoms with Crippen LogP contribution in [0.25, 0.3) is 6.08 Å². The molecule has 5 nitrogen and oxygen atoms in total. The highest BCUT2D eigenvalue weighted by Gasteiger charge is 2.34. The molecule has 0 aliphatic rings. The number of ketones is 1. The number of phenols is 1. The summed E-state index contributed by atoms with van der Waals surface area (Å²) >= 11 is 0. The molecule has 5 heteroatoms. The first-order valence-corrected chi connectivity index (χ1v) is 12.3. The zero-order chi connectivity index (χ0) is 27.7. The van der Waals surface area contributed by atoms with Crippen LogP contribution in [0.5, 0.6) is 11.5 Å². The van der Waals surface area contributed by atoms with Gasteiger partial charge in [0.1, 0.15) is 17.1 Å². The van der Waals surface area contributed by atoms with Crippen LogP contribution in [0.4, 0.5) is 0 Å². The number of benzene rings is 2. The molecular formula is C31H42O5. The molecule has 0 radical (unpaired) electrons. The van der Waals surface area contributed by atoms with Crippen molar-refractivity contribution in [3.05, 3.63) is 64.7 Å². The number of hydrogen-bond donors (Lipinski definition) is 1. The molecular weight excluding hydrogens is 452 g/mol. The molecule has 0 amide bonds. The van der Waals surface area contributed by atoms with E-state index >= 15 is 0 Å². The number of aromatic hydroxyl groups is 1. The topological polar surface area (TPSA) is 72.8 Å². The third-order valence-corrected chi connectivity index (χ3v) is 5.58. The standard InChI is InChI=1S/C31H42O5/c1-28(2,3)23-18-20(19-24(26(23)33)29(4,5)6)12-17-25(32)21-13-15-22(16-14-21)35-31(10,11)27(34)36-30(7,8)9/h12-19,33H,1-11H3/b17-12+. The lowest BCUT2D eigenvalue weighted by molar-refractivity contribution is -0.170. The maximum Gasteiger partial charge on any atom is 0.350 e. The first kappa shape index (κ1) is 29.2. The maximum atomic E-state index is 12.9. The minimum atomic E-state index is -1.17. The number of esters is 1. The van der Waals surface area contributed by atoms with Crippen LogP contribution >= 0.6 is 0 Å². The monoisotopic (exact) mass is 494 g/mol. The van der Waals surface area contributed by atoms with E-state index in [4.69, 9.17) is 9.47 Å². The lowest BCUT2D eigenvalue weighted by Crippen LogP contribution is -2.43. The van der Waals surface area contributed by atoms with E-state index in [-0.39, 0.29) is 16.6 Å². The average molecular weight is 495 g/mol. The fourth-order valence-electron chi connectivity index (χ4n) is 3.59. The van der Waals surface area contributed by atoms with Crippen molar-refractivity contribution in [3.63, 3.8) is 0 Å². The molecule has 0 aliphatic heterocycles.